The second-order valence-electron chi connectivity index (χ2n) is 6.94. The molecule has 1 fully saturated rings. The molecule has 1 aliphatic rings. The van der Waals surface area contributed by atoms with E-state index in [0.717, 1.165) is 31.2 Å². The summed E-state index contributed by atoms with van der Waals surface area (Å²) < 4.78 is 5.98. The number of ether oxygens (including phenoxy) is 1. The van der Waals surface area contributed by atoms with E-state index in [1.54, 1.807) is 0 Å². The van der Waals surface area contributed by atoms with Crippen LogP contribution in [0.5, 0.6) is 5.75 Å². The van der Waals surface area contributed by atoms with Crippen molar-refractivity contribution >= 4 is 5.91 Å². The summed E-state index contributed by atoms with van der Waals surface area (Å²) in [5.41, 5.74) is 7.85. The first-order valence-corrected chi connectivity index (χ1v) is 9.51. The number of nitrogens with zero attached hydrogens (tertiary/aromatic N) is 1. The Kier molecular flexibility index (Phi) is 6.29. The van der Waals surface area contributed by atoms with Crippen molar-refractivity contribution in [2.45, 2.75) is 51.3 Å². The van der Waals surface area contributed by atoms with E-state index in [0.29, 0.717) is 24.5 Å². The number of para-hydroxylation sites is 1. The van der Waals surface area contributed by atoms with E-state index in [2.05, 4.69) is 0 Å². The summed E-state index contributed by atoms with van der Waals surface area (Å²) in [4.78, 5) is 15.2. The third kappa shape index (κ3) is 4.44. The first-order valence-electron chi connectivity index (χ1n) is 9.51. The summed E-state index contributed by atoms with van der Waals surface area (Å²) in [5, 5.41) is 0. The maximum atomic E-state index is 13.2. The predicted octanol–water partition coefficient (Wildman–Crippen LogP) is 4.00. The van der Waals surface area contributed by atoms with Crippen LogP contribution in [0.2, 0.25) is 0 Å². The van der Waals surface area contributed by atoms with E-state index in [1.807, 2.05) is 66.4 Å². The maximum Gasteiger partial charge on any atom is 0.257 e. The van der Waals surface area contributed by atoms with Gasteiger partial charge in [0, 0.05) is 18.6 Å². The Morgan fingerprint density at radius 1 is 1.12 bits per heavy atom. The summed E-state index contributed by atoms with van der Waals surface area (Å²) in [6, 6.07) is 17.9. The molecule has 138 valence electrons. The van der Waals surface area contributed by atoms with E-state index in [4.69, 9.17) is 10.5 Å². The lowest BCUT2D eigenvalue weighted by Gasteiger charge is -2.36. The average molecular weight is 352 g/mol. The van der Waals surface area contributed by atoms with E-state index in [1.165, 1.54) is 0 Å². The Morgan fingerprint density at radius 3 is 2.58 bits per heavy atom. The fourth-order valence-corrected chi connectivity index (χ4v) is 3.71. The van der Waals surface area contributed by atoms with Crippen LogP contribution in [0.4, 0.5) is 0 Å². The Balaban J connectivity index is 1.75. The molecule has 0 unspecified atom stereocenters. The first kappa shape index (κ1) is 18.5. The lowest BCUT2D eigenvalue weighted by atomic mass is 9.90. The topological polar surface area (TPSA) is 55.6 Å². The van der Waals surface area contributed by atoms with Crippen LogP contribution in [-0.2, 0) is 6.61 Å². The Bertz CT molecular complexity index is 717. The van der Waals surface area contributed by atoms with Crippen LogP contribution < -0.4 is 10.5 Å². The van der Waals surface area contributed by atoms with Gasteiger partial charge in [0.15, 0.2) is 0 Å². The van der Waals surface area contributed by atoms with E-state index >= 15 is 0 Å². The minimum atomic E-state index is 0.0373. The minimum absolute atomic E-state index is 0.0373. The Morgan fingerprint density at radius 2 is 1.85 bits per heavy atom. The number of amides is 1. The average Bonchev–Trinajstić information content (AvgIpc) is 2.68. The summed E-state index contributed by atoms with van der Waals surface area (Å²) in [6.45, 7) is 3.17. The van der Waals surface area contributed by atoms with Crippen LogP contribution in [0.15, 0.2) is 54.6 Å². The molecule has 0 aliphatic heterocycles. The molecule has 2 aromatic carbocycles. The third-order valence-corrected chi connectivity index (χ3v) is 5.08. The van der Waals surface area contributed by atoms with Crippen LogP contribution in [0.25, 0.3) is 0 Å². The molecule has 0 radical (unpaired) electrons. The fraction of sp³-hybridized carbons (Fsp3) is 0.409. The second-order valence-corrected chi connectivity index (χ2v) is 6.94. The zero-order chi connectivity index (χ0) is 18.4. The summed E-state index contributed by atoms with van der Waals surface area (Å²) in [7, 11) is 0. The number of nitrogens with two attached hydrogens (primary N) is 1. The monoisotopic (exact) mass is 352 g/mol. The van der Waals surface area contributed by atoms with Crippen LogP contribution in [0, 0.1) is 0 Å². The predicted molar refractivity (Wildman–Crippen MR) is 104 cm³/mol. The number of carbonyl (C=O) groups excluding carboxylic acids is 1. The zero-order valence-corrected chi connectivity index (χ0v) is 15.4. The SMILES string of the molecule is CCN(C(=O)c1ccccc1OCc1ccccc1)[C@@H]1CCC[C@@H](N)C1. The lowest BCUT2D eigenvalue weighted by Crippen LogP contribution is -2.45. The molecular formula is C22H28N2O2. The molecule has 1 amide bonds. The van der Waals surface area contributed by atoms with Crippen LogP contribution >= 0.6 is 0 Å². The molecule has 4 nitrogen and oxygen atoms in total. The fourth-order valence-electron chi connectivity index (χ4n) is 3.71. The standard InChI is InChI=1S/C22H28N2O2/c1-2-24(19-12-8-11-18(23)15-19)22(25)20-13-6-7-14-21(20)26-16-17-9-4-3-5-10-17/h3-7,9-10,13-14,18-19H,2,8,11-12,15-16,23H2,1H3/t18-,19-/m1/s1. The molecule has 2 aromatic rings. The van der Waals surface area contributed by atoms with Crippen molar-refractivity contribution in [2.24, 2.45) is 5.73 Å². The van der Waals surface area contributed by atoms with Gasteiger partial charge in [-0.2, -0.15) is 0 Å². The Labute approximate surface area is 156 Å². The molecule has 0 spiro atoms. The van der Waals surface area contributed by atoms with Crippen molar-refractivity contribution in [2.75, 3.05) is 6.54 Å². The van der Waals surface area contributed by atoms with Crippen molar-refractivity contribution in [3.8, 4) is 5.75 Å². The quantitative estimate of drug-likeness (QED) is 0.855. The van der Waals surface area contributed by atoms with Gasteiger partial charge in [-0.05, 0) is 50.3 Å². The molecule has 0 aromatic heterocycles. The van der Waals surface area contributed by atoms with Gasteiger partial charge in [-0.25, -0.2) is 0 Å². The summed E-state index contributed by atoms with van der Waals surface area (Å²) in [6.07, 6.45) is 4.05. The summed E-state index contributed by atoms with van der Waals surface area (Å²) >= 11 is 0. The van der Waals surface area contributed by atoms with Gasteiger partial charge < -0.3 is 15.4 Å². The van der Waals surface area contributed by atoms with Crippen molar-refractivity contribution in [3.63, 3.8) is 0 Å². The molecule has 0 bridgehead atoms. The highest BCUT2D eigenvalue weighted by molar-refractivity contribution is 5.97. The Hall–Kier alpha value is -2.33. The highest BCUT2D eigenvalue weighted by Gasteiger charge is 2.29. The van der Waals surface area contributed by atoms with Gasteiger partial charge in [0.2, 0.25) is 0 Å². The molecule has 0 saturated heterocycles. The van der Waals surface area contributed by atoms with Crippen molar-refractivity contribution < 1.29 is 9.53 Å². The molecule has 2 N–H and O–H groups in total. The van der Waals surface area contributed by atoms with E-state index < -0.39 is 0 Å². The van der Waals surface area contributed by atoms with Crippen molar-refractivity contribution in [3.05, 3.63) is 65.7 Å². The normalized spacial score (nSPS) is 19.8. The van der Waals surface area contributed by atoms with Crippen LogP contribution in [0.3, 0.4) is 0 Å². The van der Waals surface area contributed by atoms with Gasteiger partial charge in [0.05, 0.1) is 5.56 Å². The maximum absolute atomic E-state index is 13.2. The zero-order valence-electron chi connectivity index (χ0n) is 15.4. The minimum Gasteiger partial charge on any atom is -0.488 e. The van der Waals surface area contributed by atoms with E-state index in [-0.39, 0.29) is 18.0 Å². The molecule has 26 heavy (non-hydrogen) atoms. The van der Waals surface area contributed by atoms with Gasteiger partial charge in [0.1, 0.15) is 12.4 Å². The van der Waals surface area contributed by atoms with Gasteiger partial charge in [-0.15, -0.1) is 0 Å². The molecule has 0 heterocycles. The highest BCUT2D eigenvalue weighted by atomic mass is 16.5. The molecule has 1 aliphatic carbocycles. The molecule has 2 atom stereocenters. The summed E-state index contributed by atoms with van der Waals surface area (Å²) in [5.74, 6) is 0.676. The van der Waals surface area contributed by atoms with Crippen LogP contribution in [-0.4, -0.2) is 29.4 Å². The van der Waals surface area contributed by atoms with Gasteiger partial charge >= 0.3 is 0 Å². The number of benzene rings is 2. The second kappa shape index (κ2) is 8.86. The number of hydrogen-bond donors (Lipinski definition) is 1. The van der Waals surface area contributed by atoms with Gasteiger partial charge in [0.25, 0.3) is 5.91 Å². The molecular weight excluding hydrogens is 324 g/mol. The van der Waals surface area contributed by atoms with Crippen molar-refractivity contribution in [1.82, 2.24) is 4.90 Å². The smallest absolute Gasteiger partial charge is 0.257 e. The van der Waals surface area contributed by atoms with Gasteiger partial charge in [-0.1, -0.05) is 42.5 Å². The largest absolute Gasteiger partial charge is 0.488 e. The number of hydrogen-bond acceptors (Lipinski definition) is 3. The van der Waals surface area contributed by atoms with E-state index in [9.17, 15) is 4.79 Å². The molecule has 3 rings (SSSR count). The highest BCUT2D eigenvalue weighted by Crippen LogP contribution is 2.27. The van der Waals surface area contributed by atoms with Gasteiger partial charge in [-0.3, -0.25) is 4.79 Å². The molecule has 4 heteroatoms. The number of carbonyl (C=O) groups is 1. The number of rotatable bonds is 6. The molecule has 1 saturated carbocycles. The van der Waals surface area contributed by atoms with Crippen LogP contribution in [0.1, 0.15) is 48.5 Å². The van der Waals surface area contributed by atoms with Crippen molar-refractivity contribution in [1.29, 1.82) is 0 Å². The first-order chi connectivity index (χ1) is 12.7. The third-order valence-electron chi connectivity index (χ3n) is 5.08. The lowest BCUT2D eigenvalue weighted by molar-refractivity contribution is 0.0633.